The molecule has 9 nitrogen and oxygen atoms in total. The highest BCUT2D eigenvalue weighted by Gasteiger charge is 2.64. The number of primary amides is 1. The van der Waals surface area contributed by atoms with Gasteiger partial charge in [0.2, 0.25) is 6.41 Å². The highest BCUT2D eigenvalue weighted by molar-refractivity contribution is 6.00. The Bertz CT molecular complexity index is 1660. The molecule has 6 aliphatic carbocycles. The van der Waals surface area contributed by atoms with E-state index in [1.54, 1.807) is 5.57 Å². The standard InChI is InChI=1S/C46H68N2O4.C2H7N.CH3NO/c1-27(2)40-38(50)24-46(19-21-48-26-43(5,6)31-10-9-20-47-25-31)18-15-36-32(41(40)46)11-12-39-44(7)16-13-30(28(3)35(44)14-17-45(36,39)8)22-37(49)33-23-34(29(33)4)42(51)52;1-3-2;2-1-3/h9-10,20,25,27-30,32-36,39,48H,11-19,21-24,26H2,1-8H3,(H,51,52);3H,1-2H3;1H,(H2,2,3). The Morgan fingerprint density at radius 1 is 1.00 bits per heavy atom. The fraction of sp³-hybridized carbons (Fsp3) is 0.776. The van der Waals surface area contributed by atoms with Crippen LogP contribution in [0.15, 0.2) is 35.7 Å². The minimum atomic E-state index is -0.743. The monoisotopic (exact) mass is 803 g/mol. The van der Waals surface area contributed by atoms with E-state index in [2.05, 4.69) is 75.9 Å². The Morgan fingerprint density at radius 3 is 2.24 bits per heavy atom. The largest absolute Gasteiger partial charge is 0.481 e. The van der Waals surface area contributed by atoms with E-state index in [-0.39, 0.29) is 51.7 Å². The number of pyridine rings is 1. The van der Waals surface area contributed by atoms with Crippen LogP contribution in [0, 0.1) is 75.4 Å². The van der Waals surface area contributed by atoms with Crippen LogP contribution in [0.5, 0.6) is 0 Å². The number of allylic oxidation sites excluding steroid dienone is 2. The van der Waals surface area contributed by atoms with E-state index in [1.807, 2.05) is 39.5 Å². The summed E-state index contributed by atoms with van der Waals surface area (Å²) in [5.74, 6) is 3.28. The number of amides is 1. The van der Waals surface area contributed by atoms with E-state index in [9.17, 15) is 19.5 Å². The van der Waals surface area contributed by atoms with Gasteiger partial charge in [-0.1, -0.05) is 67.0 Å². The number of carbonyl (C=O) groups is 4. The van der Waals surface area contributed by atoms with Crippen LogP contribution in [-0.4, -0.2) is 61.2 Å². The number of nitrogens with two attached hydrogens (primary N) is 1. The predicted octanol–water partition coefficient (Wildman–Crippen LogP) is 8.41. The molecular weight excluding hydrogens is 725 g/mol. The minimum absolute atomic E-state index is 0.00824. The van der Waals surface area contributed by atoms with Crippen molar-refractivity contribution in [3.8, 4) is 0 Å². The lowest BCUT2D eigenvalue weighted by molar-refractivity contribution is -0.172. The number of nitrogens with one attached hydrogen (secondary N) is 2. The molecule has 0 aliphatic heterocycles. The van der Waals surface area contributed by atoms with Gasteiger partial charge in [0.1, 0.15) is 5.78 Å². The lowest BCUT2D eigenvalue weighted by atomic mass is 9.37. The lowest BCUT2D eigenvalue weighted by Crippen LogP contribution is -2.60. The summed E-state index contributed by atoms with van der Waals surface area (Å²) in [5.41, 5.74) is 8.78. The first-order chi connectivity index (χ1) is 27.4. The van der Waals surface area contributed by atoms with Crippen molar-refractivity contribution in [3.63, 3.8) is 0 Å². The minimum Gasteiger partial charge on any atom is -0.481 e. The van der Waals surface area contributed by atoms with Gasteiger partial charge < -0.3 is 21.5 Å². The van der Waals surface area contributed by atoms with Crippen LogP contribution in [0.3, 0.4) is 0 Å². The topological polar surface area (TPSA) is 151 Å². The molecule has 0 aromatic carbocycles. The third kappa shape index (κ3) is 8.51. The van der Waals surface area contributed by atoms with Crippen LogP contribution in [0.25, 0.3) is 0 Å². The van der Waals surface area contributed by atoms with Crippen molar-refractivity contribution in [2.24, 2.45) is 81.2 Å². The van der Waals surface area contributed by atoms with Gasteiger partial charge in [0.05, 0.1) is 5.92 Å². The second-order valence-corrected chi connectivity index (χ2v) is 21.1. The molecule has 12 unspecified atom stereocenters. The van der Waals surface area contributed by atoms with Gasteiger partial charge in [-0.15, -0.1) is 0 Å². The van der Waals surface area contributed by atoms with E-state index in [0.717, 1.165) is 32.4 Å². The van der Waals surface area contributed by atoms with E-state index < -0.39 is 5.97 Å². The third-order valence-electron chi connectivity index (χ3n) is 17.3. The Kier molecular flexibility index (Phi) is 14.6. The molecule has 324 valence electrons. The molecule has 58 heavy (non-hydrogen) atoms. The number of hydrogen-bond donors (Lipinski definition) is 4. The molecule has 1 heterocycles. The summed E-state index contributed by atoms with van der Waals surface area (Å²) in [5, 5.41) is 16.1. The summed E-state index contributed by atoms with van der Waals surface area (Å²) in [6.45, 7) is 20.6. The van der Waals surface area contributed by atoms with Gasteiger partial charge >= 0.3 is 5.97 Å². The van der Waals surface area contributed by atoms with E-state index in [4.69, 9.17) is 4.79 Å². The number of rotatable bonds is 11. The molecule has 0 radical (unpaired) electrons. The number of carboxylic acids is 1. The number of hydrogen-bond acceptors (Lipinski definition) is 7. The molecule has 1 aromatic rings. The number of fused-ring (bicyclic) bond motifs is 7. The Morgan fingerprint density at radius 2 is 1.64 bits per heavy atom. The first kappa shape index (κ1) is 46.2. The van der Waals surface area contributed by atoms with Crippen molar-refractivity contribution in [1.29, 1.82) is 0 Å². The number of aromatic nitrogens is 1. The van der Waals surface area contributed by atoms with Crippen molar-refractivity contribution in [2.75, 3.05) is 27.2 Å². The SMILES string of the molecule is CC(C)C1=C2C3CCC4C(C)(CCC5C(C)C(CC(=O)C6CC(C(=O)O)C6C)CCC54C)C3CCC2(CCNCC(C)(C)c2cccnc2)CC1=O.CNC.NC=O. The zero-order chi connectivity index (χ0) is 42.8. The van der Waals surface area contributed by atoms with Gasteiger partial charge in [-0.25, -0.2) is 0 Å². The molecular formula is C49H78N4O5. The Labute approximate surface area is 350 Å². The molecule has 1 aromatic heterocycles. The normalized spacial score (nSPS) is 37.7. The maximum atomic E-state index is 14.0. The van der Waals surface area contributed by atoms with Crippen LogP contribution in [0.1, 0.15) is 138 Å². The summed E-state index contributed by atoms with van der Waals surface area (Å²) in [7, 11) is 3.75. The predicted molar refractivity (Wildman–Crippen MR) is 232 cm³/mol. The first-order valence-electron chi connectivity index (χ1n) is 22.8. The highest BCUT2D eigenvalue weighted by atomic mass is 16.4. The summed E-state index contributed by atoms with van der Waals surface area (Å²) in [6.07, 6.45) is 16.7. The molecule has 5 N–H and O–H groups in total. The van der Waals surface area contributed by atoms with Gasteiger partial charge in [0.15, 0.2) is 5.78 Å². The first-order valence-corrected chi connectivity index (χ1v) is 22.8. The van der Waals surface area contributed by atoms with Crippen molar-refractivity contribution < 1.29 is 24.3 Å². The summed E-state index contributed by atoms with van der Waals surface area (Å²) in [4.78, 5) is 51.9. The molecule has 1 amide bonds. The van der Waals surface area contributed by atoms with Crippen LogP contribution >= 0.6 is 0 Å². The molecule has 0 bridgehead atoms. The van der Waals surface area contributed by atoms with Crippen LogP contribution in [0.4, 0.5) is 0 Å². The summed E-state index contributed by atoms with van der Waals surface area (Å²) in [6, 6.07) is 4.20. The lowest BCUT2D eigenvalue weighted by Gasteiger charge is -2.67. The van der Waals surface area contributed by atoms with Crippen molar-refractivity contribution in [3.05, 3.63) is 41.2 Å². The fourth-order valence-corrected chi connectivity index (χ4v) is 14.3. The van der Waals surface area contributed by atoms with Crippen molar-refractivity contribution in [2.45, 2.75) is 138 Å². The number of ketones is 2. The van der Waals surface area contributed by atoms with Crippen LogP contribution < -0.4 is 16.4 Å². The van der Waals surface area contributed by atoms with Crippen LogP contribution in [0.2, 0.25) is 0 Å². The molecule has 0 saturated heterocycles. The fourth-order valence-electron chi connectivity index (χ4n) is 14.3. The van der Waals surface area contributed by atoms with Crippen molar-refractivity contribution >= 4 is 23.9 Å². The summed E-state index contributed by atoms with van der Waals surface area (Å²) < 4.78 is 0. The molecule has 6 aliphatic rings. The Balaban J connectivity index is 0.00000101. The Hall–Kier alpha value is -2.91. The van der Waals surface area contributed by atoms with Gasteiger partial charge in [-0.2, -0.15) is 0 Å². The second-order valence-electron chi connectivity index (χ2n) is 21.1. The number of carbonyl (C=O) groups excluding carboxylic acids is 3. The zero-order valence-corrected chi connectivity index (χ0v) is 37.7. The van der Waals surface area contributed by atoms with E-state index >= 15 is 0 Å². The van der Waals surface area contributed by atoms with Gasteiger partial charge in [-0.05, 0) is 160 Å². The molecule has 5 saturated carbocycles. The molecule has 5 fully saturated rings. The molecule has 12 atom stereocenters. The maximum Gasteiger partial charge on any atom is 0.306 e. The van der Waals surface area contributed by atoms with E-state index in [1.165, 1.54) is 49.7 Å². The summed E-state index contributed by atoms with van der Waals surface area (Å²) >= 11 is 0. The number of Topliss-reactive ketones (excluding diaryl/α,β-unsaturated/α-hetero) is 2. The number of carboxylic acid groups (broad SMARTS) is 1. The third-order valence-corrected chi connectivity index (χ3v) is 17.3. The second kappa shape index (κ2) is 18.4. The maximum absolute atomic E-state index is 14.0. The highest BCUT2D eigenvalue weighted by Crippen LogP contribution is 2.72. The molecule has 9 heteroatoms. The molecule has 7 rings (SSSR count). The van der Waals surface area contributed by atoms with Crippen molar-refractivity contribution in [1.82, 2.24) is 15.6 Å². The smallest absolute Gasteiger partial charge is 0.306 e. The zero-order valence-electron chi connectivity index (χ0n) is 37.7. The average molecular weight is 803 g/mol. The van der Waals surface area contributed by atoms with Gasteiger partial charge in [-0.3, -0.25) is 24.2 Å². The molecule has 0 spiro atoms. The van der Waals surface area contributed by atoms with Crippen LogP contribution in [-0.2, 0) is 24.6 Å². The number of nitrogens with zero attached hydrogens (tertiary/aromatic N) is 1. The van der Waals surface area contributed by atoms with Gasteiger partial charge in [0, 0.05) is 48.5 Å². The average Bonchev–Trinajstić information content (AvgIpc) is 3.47. The number of aliphatic carboxylic acids is 1. The quantitative estimate of drug-likeness (QED) is 0.129. The van der Waals surface area contributed by atoms with Gasteiger partial charge in [0.25, 0.3) is 0 Å². The van der Waals surface area contributed by atoms with E-state index in [0.29, 0.717) is 66.3 Å².